The number of phosphoric ester groups is 1. The Bertz CT molecular complexity index is 2260. The summed E-state index contributed by atoms with van der Waals surface area (Å²) in [6.07, 6.45) is 16.3. The number of benzene rings is 2. The third-order valence-corrected chi connectivity index (χ3v) is 13.4. The molecule has 0 aliphatic rings. The second-order valence-electron chi connectivity index (χ2n) is 19.7. The number of amides is 2. The molecule has 1 unspecified atom stereocenters. The van der Waals surface area contributed by atoms with Gasteiger partial charge in [-0.25, -0.2) is 0 Å². The molecule has 0 saturated carbocycles. The van der Waals surface area contributed by atoms with Gasteiger partial charge in [0.25, 0.3) is 30.6 Å². The monoisotopic (exact) mass is 1100 g/mol. The zero-order chi connectivity index (χ0) is 56.7. The normalized spacial score (nSPS) is 12.6. The number of unbranched alkanes of at least 4 members (excludes halogenated alkanes) is 18. The van der Waals surface area contributed by atoms with Crippen LogP contribution in [0.1, 0.15) is 154 Å². The van der Waals surface area contributed by atoms with Crippen LogP contribution in [0.15, 0.2) is 36.4 Å². The lowest BCUT2D eigenvalue weighted by atomic mass is 10.0. The Morgan fingerprint density at radius 3 is 1.24 bits per heavy atom. The van der Waals surface area contributed by atoms with Crippen molar-refractivity contribution in [1.82, 2.24) is 0 Å². The number of carbonyl (C=O) groups is 4. The molecule has 2 aromatic rings. The zero-order valence-electron chi connectivity index (χ0n) is 44.8. The predicted molar refractivity (Wildman–Crippen MR) is 280 cm³/mol. The van der Waals surface area contributed by atoms with Gasteiger partial charge in [-0.15, -0.1) is 0 Å². The lowest BCUT2D eigenvalue weighted by Gasteiger charge is -2.28. The van der Waals surface area contributed by atoms with Crippen molar-refractivity contribution in [2.24, 2.45) is 0 Å². The summed E-state index contributed by atoms with van der Waals surface area (Å²) in [6, 6.07) is 6.34. The second-order valence-corrected chi connectivity index (χ2v) is 21.1. The molecular formula is C50H78N7O18P. The molecule has 2 atom stereocenters. The number of hydrogen-bond donors (Lipinski definition) is 0. The van der Waals surface area contributed by atoms with E-state index in [1.807, 2.05) is 21.1 Å². The van der Waals surface area contributed by atoms with E-state index < -0.39 is 81.5 Å². The molecule has 0 radical (unpaired) electrons. The van der Waals surface area contributed by atoms with Crippen LogP contribution in [0, 0.1) is 40.5 Å². The van der Waals surface area contributed by atoms with Crippen molar-refractivity contribution in [3.05, 3.63) is 76.9 Å². The molecule has 0 saturated heterocycles. The van der Waals surface area contributed by atoms with Crippen LogP contribution in [0.4, 0.5) is 34.1 Å². The number of nitro groups is 4. The van der Waals surface area contributed by atoms with Crippen LogP contribution < -0.4 is 14.7 Å². The summed E-state index contributed by atoms with van der Waals surface area (Å²) in [5.41, 5.74) is -1.90. The molecule has 0 aliphatic heterocycles. The van der Waals surface area contributed by atoms with Crippen LogP contribution in [-0.4, -0.2) is 116 Å². The van der Waals surface area contributed by atoms with E-state index in [4.69, 9.17) is 18.5 Å². The maximum absolute atomic E-state index is 12.8. The highest BCUT2D eigenvalue weighted by Crippen LogP contribution is 2.38. The number of esters is 2. The molecule has 2 aromatic carbocycles. The lowest BCUT2D eigenvalue weighted by molar-refractivity contribution is -0.870. The van der Waals surface area contributed by atoms with Crippen molar-refractivity contribution in [2.75, 3.05) is 71.4 Å². The van der Waals surface area contributed by atoms with E-state index in [2.05, 4.69) is 0 Å². The third kappa shape index (κ3) is 27.7. The van der Waals surface area contributed by atoms with Gasteiger partial charge in [0, 0.05) is 51.9 Å². The fourth-order valence-electron chi connectivity index (χ4n) is 7.89. The SMILES string of the molecule is CN(C(=O)CCCCCCCCCCCCC(=O)OC[C@H](COP(=O)([O-])OCC[N+](C)(C)C)OC(=O)CCCCCCCCCCCCC(=O)N(C)c1ccc([N+](=O)[O-])cc1[N+](=O)[O-])c1ccc([N+](=O)[O-])cc1[N+](=O)[O-]. The number of carbonyl (C=O) groups excluding carboxylic acids is 4. The van der Waals surface area contributed by atoms with Gasteiger partial charge in [0.05, 0.1) is 59.6 Å². The highest BCUT2D eigenvalue weighted by Gasteiger charge is 2.27. The van der Waals surface area contributed by atoms with Gasteiger partial charge in [-0.3, -0.25) is 64.2 Å². The molecule has 0 spiro atoms. The molecule has 0 bridgehead atoms. The average Bonchev–Trinajstić information content (AvgIpc) is 3.36. The highest BCUT2D eigenvalue weighted by atomic mass is 31.2. The van der Waals surface area contributed by atoms with Crippen LogP contribution in [0.5, 0.6) is 0 Å². The van der Waals surface area contributed by atoms with Crippen molar-refractivity contribution in [3.8, 4) is 0 Å². The number of nitrogens with zero attached hydrogens (tertiary/aromatic N) is 7. The van der Waals surface area contributed by atoms with Crippen LogP contribution in [0.25, 0.3) is 0 Å². The fourth-order valence-corrected chi connectivity index (χ4v) is 8.62. The Hall–Kier alpha value is -6.01. The number of anilines is 2. The number of hydrogen-bond acceptors (Lipinski definition) is 18. The Labute approximate surface area is 444 Å². The van der Waals surface area contributed by atoms with Crippen molar-refractivity contribution in [1.29, 1.82) is 0 Å². The molecule has 2 rings (SSSR count). The van der Waals surface area contributed by atoms with E-state index in [1.54, 1.807) is 0 Å². The largest absolute Gasteiger partial charge is 0.756 e. The molecule has 0 N–H and O–H groups in total. The molecular weight excluding hydrogens is 1020 g/mol. The fraction of sp³-hybridized carbons (Fsp3) is 0.680. The second kappa shape index (κ2) is 35.3. The smallest absolute Gasteiger partial charge is 0.306 e. The van der Waals surface area contributed by atoms with E-state index in [0.29, 0.717) is 36.7 Å². The summed E-state index contributed by atoms with van der Waals surface area (Å²) < 4.78 is 33.8. The Morgan fingerprint density at radius 1 is 0.526 bits per heavy atom. The number of ether oxygens (including phenoxy) is 2. The first-order valence-corrected chi connectivity index (χ1v) is 27.5. The van der Waals surface area contributed by atoms with Gasteiger partial charge in [-0.05, 0) is 37.8 Å². The predicted octanol–water partition coefficient (Wildman–Crippen LogP) is 9.97. The number of nitro benzene ring substituents is 4. The maximum Gasteiger partial charge on any atom is 0.306 e. The summed E-state index contributed by atoms with van der Waals surface area (Å²) in [6.45, 7) is -0.706. The average molecular weight is 1100 g/mol. The summed E-state index contributed by atoms with van der Waals surface area (Å²) >= 11 is 0. The van der Waals surface area contributed by atoms with E-state index in [1.165, 1.54) is 26.2 Å². The van der Waals surface area contributed by atoms with Crippen LogP contribution in [0.3, 0.4) is 0 Å². The number of quaternary nitrogens is 1. The van der Waals surface area contributed by atoms with E-state index in [-0.39, 0.29) is 55.5 Å². The standard InChI is InChI=1S/C50H78N7O18P/c1-51(43-32-30-40(53(62)63)36-45(43)55(66)67)47(58)26-22-18-14-10-6-8-12-16-20-24-28-49(60)72-38-42(39-74-76(70,71)73-35-34-57(3,4)5)75-50(61)29-25-21-17-13-9-7-11-15-19-23-27-48(59)52(2)44-33-31-41(54(64)65)37-46(44)56(68)69/h30-33,36-37,42H,6-29,34-35,38-39H2,1-5H3/t42-/m1/s1. The van der Waals surface area contributed by atoms with Crippen molar-refractivity contribution in [3.63, 3.8) is 0 Å². The number of non-ortho nitro benzene ring substituents is 2. The molecule has 0 aromatic heterocycles. The third-order valence-electron chi connectivity index (χ3n) is 12.4. The first-order valence-electron chi connectivity index (χ1n) is 26.1. The first kappa shape index (κ1) is 66.1. The molecule has 0 aliphatic carbocycles. The van der Waals surface area contributed by atoms with E-state index >= 15 is 0 Å². The summed E-state index contributed by atoms with van der Waals surface area (Å²) in [7, 11) is 3.68. The molecule has 25 nitrogen and oxygen atoms in total. The maximum atomic E-state index is 12.8. The molecule has 2 amide bonds. The molecule has 0 heterocycles. The van der Waals surface area contributed by atoms with E-state index in [9.17, 15) is 69.1 Å². The van der Waals surface area contributed by atoms with Gasteiger partial charge in [0.2, 0.25) is 11.8 Å². The Kier molecular flexibility index (Phi) is 30.7. The highest BCUT2D eigenvalue weighted by molar-refractivity contribution is 7.45. The Morgan fingerprint density at radius 2 is 0.882 bits per heavy atom. The van der Waals surface area contributed by atoms with Crippen molar-refractivity contribution < 1.29 is 71.3 Å². The van der Waals surface area contributed by atoms with Gasteiger partial charge < -0.3 is 37.7 Å². The molecule has 26 heteroatoms. The van der Waals surface area contributed by atoms with Gasteiger partial charge in [-0.1, -0.05) is 103 Å². The van der Waals surface area contributed by atoms with Crippen LogP contribution in [-0.2, 0) is 42.3 Å². The number of likely N-dealkylation sites (N-methyl/N-ethyl adjacent to an activating group) is 1. The minimum atomic E-state index is -4.75. The van der Waals surface area contributed by atoms with Gasteiger partial charge in [-0.2, -0.15) is 0 Å². The number of rotatable bonds is 42. The first-order chi connectivity index (χ1) is 35.9. The quantitative estimate of drug-likeness (QED) is 0.0149. The van der Waals surface area contributed by atoms with Gasteiger partial charge in [0.15, 0.2) is 6.10 Å². The van der Waals surface area contributed by atoms with Crippen molar-refractivity contribution >= 4 is 65.7 Å². The minimum absolute atomic E-state index is 0.00296. The summed E-state index contributed by atoms with van der Waals surface area (Å²) in [5, 5.41) is 45.0. The minimum Gasteiger partial charge on any atom is -0.756 e. The zero-order valence-corrected chi connectivity index (χ0v) is 45.7. The Balaban J connectivity index is 1.63. The van der Waals surface area contributed by atoms with E-state index in [0.717, 1.165) is 137 Å². The topological polar surface area (TPSA) is 324 Å². The summed E-state index contributed by atoms with van der Waals surface area (Å²) in [5.74, 6) is -1.74. The molecule has 0 fully saturated rings. The van der Waals surface area contributed by atoms with Crippen molar-refractivity contribution in [2.45, 2.75) is 160 Å². The van der Waals surface area contributed by atoms with Crippen LogP contribution in [0.2, 0.25) is 0 Å². The van der Waals surface area contributed by atoms with Crippen LogP contribution >= 0.6 is 7.82 Å². The lowest BCUT2D eigenvalue weighted by Crippen LogP contribution is -2.37. The molecule has 76 heavy (non-hydrogen) atoms. The van der Waals surface area contributed by atoms with Gasteiger partial charge >= 0.3 is 11.9 Å². The summed E-state index contributed by atoms with van der Waals surface area (Å²) in [4.78, 5) is 108. The van der Waals surface area contributed by atoms with Gasteiger partial charge in [0.1, 0.15) is 31.1 Å². The molecule has 426 valence electrons. The number of phosphoric acid groups is 1.